The van der Waals surface area contributed by atoms with Crippen molar-refractivity contribution in [2.45, 2.75) is 13.5 Å². The Balaban J connectivity index is 2.25. The van der Waals surface area contributed by atoms with E-state index >= 15 is 0 Å². The highest BCUT2D eigenvalue weighted by Gasteiger charge is 2.15. The summed E-state index contributed by atoms with van der Waals surface area (Å²) in [5, 5.41) is 19.9. The Morgan fingerprint density at radius 2 is 1.90 bits per heavy atom. The van der Waals surface area contributed by atoms with Crippen LogP contribution in [0.1, 0.15) is 16.7 Å². The molecule has 5 heteroatoms. The fraction of sp³-hybridized carbons (Fsp3) is 0.188. The van der Waals surface area contributed by atoms with Crippen molar-refractivity contribution in [2.24, 2.45) is 0 Å². The van der Waals surface area contributed by atoms with Gasteiger partial charge in [-0.05, 0) is 24.6 Å². The molecule has 0 aromatic heterocycles. The molecule has 5 nitrogen and oxygen atoms in total. The van der Waals surface area contributed by atoms with Crippen LogP contribution in [0.2, 0.25) is 0 Å². The fourth-order valence-corrected chi connectivity index (χ4v) is 2.06. The maximum atomic E-state index is 11.0. The summed E-state index contributed by atoms with van der Waals surface area (Å²) in [7, 11) is 1.87. The smallest absolute Gasteiger partial charge is 0.289 e. The molecular weight excluding hydrogens is 266 g/mol. The summed E-state index contributed by atoms with van der Waals surface area (Å²) >= 11 is 0. The van der Waals surface area contributed by atoms with Gasteiger partial charge in [-0.15, -0.1) is 0 Å². The van der Waals surface area contributed by atoms with Gasteiger partial charge in [-0.2, -0.15) is 5.26 Å². The summed E-state index contributed by atoms with van der Waals surface area (Å²) < 4.78 is 0. The predicted octanol–water partition coefficient (Wildman–Crippen LogP) is 3.41. The van der Waals surface area contributed by atoms with E-state index < -0.39 is 4.92 Å². The van der Waals surface area contributed by atoms with E-state index in [0.717, 1.165) is 5.56 Å². The normalized spacial score (nSPS) is 9.95. The van der Waals surface area contributed by atoms with Crippen LogP contribution < -0.4 is 4.90 Å². The highest BCUT2D eigenvalue weighted by molar-refractivity contribution is 5.60. The Hall–Kier alpha value is -2.87. The van der Waals surface area contributed by atoms with Crippen LogP contribution in [0.25, 0.3) is 0 Å². The van der Waals surface area contributed by atoms with Gasteiger partial charge in [0.15, 0.2) is 0 Å². The second-order valence-corrected chi connectivity index (χ2v) is 4.91. The van der Waals surface area contributed by atoms with Gasteiger partial charge in [0.1, 0.15) is 11.6 Å². The zero-order valence-corrected chi connectivity index (χ0v) is 11.9. The highest BCUT2D eigenvalue weighted by atomic mass is 16.6. The van der Waals surface area contributed by atoms with Gasteiger partial charge in [0.2, 0.25) is 0 Å². The first-order valence-corrected chi connectivity index (χ1v) is 6.46. The van der Waals surface area contributed by atoms with E-state index in [1.54, 1.807) is 6.07 Å². The highest BCUT2D eigenvalue weighted by Crippen LogP contribution is 2.25. The Kier molecular flexibility index (Phi) is 4.19. The lowest BCUT2D eigenvalue weighted by Crippen LogP contribution is -2.16. The summed E-state index contributed by atoms with van der Waals surface area (Å²) in [6.45, 7) is 2.67. The molecule has 0 saturated heterocycles. The first kappa shape index (κ1) is 14.5. The number of nitro groups is 1. The number of benzene rings is 2. The summed E-state index contributed by atoms with van der Waals surface area (Å²) in [6, 6.07) is 14.6. The second-order valence-electron chi connectivity index (χ2n) is 4.91. The van der Waals surface area contributed by atoms with Crippen LogP contribution in [0.3, 0.4) is 0 Å². The van der Waals surface area contributed by atoms with Crippen LogP contribution in [0.5, 0.6) is 0 Å². The van der Waals surface area contributed by atoms with Gasteiger partial charge >= 0.3 is 0 Å². The van der Waals surface area contributed by atoms with E-state index in [1.807, 2.05) is 49.2 Å². The SMILES string of the molecule is Cc1ccc(CN(C)c2ccc(C#N)c([N+](=O)[O-])c2)cc1. The quantitative estimate of drug-likeness (QED) is 0.636. The van der Waals surface area contributed by atoms with Gasteiger partial charge in [0.05, 0.1) is 4.92 Å². The topological polar surface area (TPSA) is 70.2 Å². The van der Waals surface area contributed by atoms with Crippen LogP contribution >= 0.6 is 0 Å². The van der Waals surface area contributed by atoms with E-state index in [1.165, 1.54) is 17.7 Å². The third-order valence-electron chi connectivity index (χ3n) is 3.28. The van der Waals surface area contributed by atoms with Crippen molar-refractivity contribution in [3.63, 3.8) is 0 Å². The van der Waals surface area contributed by atoms with Crippen LogP contribution in [0, 0.1) is 28.4 Å². The van der Waals surface area contributed by atoms with Crippen molar-refractivity contribution >= 4 is 11.4 Å². The molecule has 21 heavy (non-hydrogen) atoms. The zero-order chi connectivity index (χ0) is 15.4. The van der Waals surface area contributed by atoms with Gasteiger partial charge in [-0.1, -0.05) is 29.8 Å². The van der Waals surface area contributed by atoms with Crippen LogP contribution in [-0.2, 0) is 6.54 Å². The van der Waals surface area contributed by atoms with Crippen LogP contribution in [-0.4, -0.2) is 12.0 Å². The molecule has 0 aliphatic rings. The minimum absolute atomic E-state index is 0.0764. The van der Waals surface area contributed by atoms with Crippen molar-refractivity contribution in [3.8, 4) is 6.07 Å². The number of rotatable bonds is 4. The number of nitrogens with zero attached hydrogens (tertiary/aromatic N) is 3. The minimum atomic E-state index is -0.526. The average molecular weight is 281 g/mol. The molecule has 0 aliphatic heterocycles. The van der Waals surface area contributed by atoms with Crippen molar-refractivity contribution in [1.82, 2.24) is 0 Å². The summed E-state index contributed by atoms with van der Waals surface area (Å²) in [6.07, 6.45) is 0. The van der Waals surface area contributed by atoms with Gasteiger partial charge in [0.25, 0.3) is 5.69 Å². The first-order chi connectivity index (χ1) is 10.0. The van der Waals surface area contributed by atoms with E-state index in [4.69, 9.17) is 5.26 Å². The number of hydrogen-bond acceptors (Lipinski definition) is 4. The lowest BCUT2D eigenvalue weighted by Gasteiger charge is -2.19. The minimum Gasteiger partial charge on any atom is -0.370 e. The van der Waals surface area contributed by atoms with Gasteiger partial charge < -0.3 is 4.90 Å². The number of anilines is 1. The predicted molar refractivity (Wildman–Crippen MR) is 81.1 cm³/mol. The third-order valence-corrected chi connectivity index (χ3v) is 3.28. The maximum absolute atomic E-state index is 11.0. The third kappa shape index (κ3) is 3.37. The summed E-state index contributed by atoms with van der Waals surface area (Å²) in [4.78, 5) is 12.4. The maximum Gasteiger partial charge on any atom is 0.289 e. The first-order valence-electron chi connectivity index (χ1n) is 6.46. The van der Waals surface area contributed by atoms with Gasteiger partial charge in [0, 0.05) is 25.3 Å². The van der Waals surface area contributed by atoms with Crippen molar-refractivity contribution < 1.29 is 4.92 Å². The standard InChI is InChI=1S/C16H15N3O2/c1-12-3-5-13(6-4-12)11-18(2)15-8-7-14(10-17)16(9-15)19(20)21/h3-9H,11H2,1-2H3. The largest absolute Gasteiger partial charge is 0.370 e. The van der Waals surface area contributed by atoms with E-state index in [-0.39, 0.29) is 11.3 Å². The molecule has 0 spiro atoms. The van der Waals surface area contributed by atoms with Crippen LogP contribution in [0.15, 0.2) is 42.5 Å². The zero-order valence-electron chi connectivity index (χ0n) is 11.9. The monoisotopic (exact) mass is 281 g/mol. The molecule has 0 atom stereocenters. The van der Waals surface area contributed by atoms with Gasteiger partial charge in [-0.3, -0.25) is 10.1 Å². The molecule has 2 aromatic carbocycles. The number of nitriles is 1. The molecule has 2 aromatic rings. The molecule has 0 unspecified atom stereocenters. The Morgan fingerprint density at radius 1 is 1.24 bits per heavy atom. The molecule has 0 heterocycles. The van der Waals surface area contributed by atoms with E-state index in [0.29, 0.717) is 12.2 Å². The molecule has 0 aliphatic carbocycles. The molecule has 0 saturated carbocycles. The molecule has 0 N–H and O–H groups in total. The molecule has 0 amide bonds. The Morgan fingerprint density at radius 3 is 2.48 bits per heavy atom. The number of aryl methyl sites for hydroxylation is 1. The van der Waals surface area contributed by atoms with E-state index in [9.17, 15) is 10.1 Å². The summed E-state index contributed by atoms with van der Waals surface area (Å²) in [5.41, 5.74) is 2.94. The fourth-order valence-electron chi connectivity index (χ4n) is 2.06. The second kappa shape index (κ2) is 6.06. The van der Waals surface area contributed by atoms with E-state index in [2.05, 4.69) is 0 Å². The number of nitro benzene ring substituents is 1. The van der Waals surface area contributed by atoms with Crippen molar-refractivity contribution in [1.29, 1.82) is 5.26 Å². The molecule has 0 bridgehead atoms. The van der Waals surface area contributed by atoms with Gasteiger partial charge in [-0.25, -0.2) is 0 Å². The molecule has 2 rings (SSSR count). The average Bonchev–Trinajstić information content (AvgIpc) is 2.48. The molecule has 0 radical (unpaired) electrons. The lowest BCUT2D eigenvalue weighted by molar-refractivity contribution is -0.385. The van der Waals surface area contributed by atoms with Crippen molar-refractivity contribution in [3.05, 3.63) is 69.3 Å². The number of hydrogen-bond donors (Lipinski definition) is 0. The molecular formula is C16H15N3O2. The lowest BCUT2D eigenvalue weighted by atomic mass is 10.1. The Labute approximate surface area is 123 Å². The van der Waals surface area contributed by atoms with Crippen molar-refractivity contribution in [2.75, 3.05) is 11.9 Å². The van der Waals surface area contributed by atoms with Crippen LogP contribution in [0.4, 0.5) is 11.4 Å². The molecule has 0 fully saturated rings. The summed E-state index contributed by atoms with van der Waals surface area (Å²) in [5.74, 6) is 0. The molecule has 106 valence electrons. The Bertz CT molecular complexity index is 702.